The fraction of sp³-hybridized carbons (Fsp3) is 0.0769. The van der Waals surface area contributed by atoms with Crippen molar-refractivity contribution in [3.05, 3.63) is 54.3 Å². The molecule has 0 saturated heterocycles. The number of para-hydroxylation sites is 1. The number of carboxylic acid groups (broad SMARTS) is 1. The van der Waals surface area contributed by atoms with Gasteiger partial charge in [0.1, 0.15) is 5.58 Å². The Labute approximate surface area is 102 Å². The van der Waals surface area contributed by atoms with Gasteiger partial charge in [-0.3, -0.25) is 0 Å². The van der Waals surface area contributed by atoms with E-state index in [9.17, 15) is 9.90 Å². The molecule has 0 atom stereocenters. The van der Waals surface area contributed by atoms with E-state index in [1.807, 2.05) is 22.8 Å². The number of carbonyl (C=O) groups is 1. The monoisotopic (exact) mass is 242 g/mol. The smallest absolute Gasteiger partial charge is 0.372 e. The van der Waals surface area contributed by atoms with Crippen LogP contribution in [0.25, 0.3) is 11.0 Å². The van der Waals surface area contributed by atoms with Crippen LogP contribution in [-0.2, 0) is 6.54 Å². The maximum atomic E-state index is 11.2. The molecule has 0 spiro atoms. The van der Waals surface area contributed by atoms with Gasteiger partial charge in [0.2, 0.25) is 5.76 Å². The molecule has 2 aromatic heterocycles. The SMILES string of the molecule is O=C(O)c1oc2ccccc2c1Cn1ccnc1. The van der Waals surface area contributed by atoms with E-state index < -0.39 is 5.97 Å². The van der Waals surface area contributed by atoms with E-state index in [0.717, 1.165) is 5.39 Å². The van der Waals surface area contributed by atoms with Crippen LogP contribution in [0.1, 0.15) is 16.1 Å². The Hall–Kier alpha value is -2.56. The summed E-state index contributed by atoms with van der Waals surface area (Å²) in [6.45, 7) is 0.429. The molecule has 0 fully saturated rings. The summed E-state index contributed by atoms with van der Waals surface area (Å²) in [5.41, 5.74) is 1.25. The van der Waals surface area contributed by atoms with Gasteiger partial charge in [-0.1, -0.05) is 18.2 Å². The Morgan fingerprint density at radius 3 is 2.94 bits per heavy atom. The van der Waals surface area contributed by atoms with Gasteiger partial charge in [-0.05, 0) is 6.07 Å². The molecule has 0 bridgehead atoms. The van der Waals surface area contributed by atoms with Crippen molar-refractivity contribution in [2.45, 2.75) is 6.54 Å². The summed E-state index contributed by atoms with van der Waals surface area (Å²) in [5.74, 6) is -1.06. The number of benzene rings is 1. The highest BCUT2D eigenvalue weighted by Gasteiger charge is 2.19. The highest BCUT2D eigenvalue weighted by atomic mass is 16.4. The molecule has 0 saturated carbocycles. The summed E-state index contributed by atoms with van der Waals surface area (Å²) < 4.78 is 7.19. The van der Waals surface area contributed by atoms with E-state index in [2.05, 4.69) is 4.98 Å². The van der Waals surface area contributed by atoms with E-state index in [-0.39, 0.29) is 5.76 Å². The first-order valence-corrected chi connectivity index (χ1v) is 5.45. The summed E-state index contributed by atoms with van der Waals surface area (Å²) in [4.78, 5) is 15.1. The standard InChI is InChI=1S/C13H10N2O3/c16-13(17)12-10(7-15-6-5-14-8-15)9-3-1-2-4-11(9)18-12/h1-6,8H,7H2,(H,16,17). The molecule has 18 heavy (non-hydrogen) atoms. The van der Waals surface area contributed by atoms with Crippen molar-refractivity contribution in [3.8, 4) is 0 Å². The molecule has 2 heterocycles. The van der Waals surface area contributed by atoms with Crippen molar-refractivity contribution in [2.75, 3.05) is 0 Å². The van der Waals surface area contributed by atoms with Gasteiger partial charge in [0.25, 0.3) is 0 Å². The lowest BCUT2D eigenvalue weighted by molar-refractivity contribution is 0.0663. The summed E-state index contributed by atoms with van der Waals surface area (Å²) in [6.07, 6.45) is 5.09. The zero-order valence-electron chi connectivity index (χ0n) is 9.41. The molecular formula is C13H10N2O3. The molecule has 0 aliphatic carbocycles. The van der Waals surface area contributed by atoms with E-state index in [1.54, 1.807) is 24.8 Å². The molecule has 0 aliphatic rings. The van der Waals surface area contributed by atoms with Crippen molar-refractivity contribution < 1.29 is 14.3 Å². The van der Waals surface area contributed by atoms with Crippen molar-refractivity contribution in [3.63, 3.8) is 0 Å². The van der Waals surface area contributed by atoms with Crippen LogP contribution >= 0.6 is 0 Å². The minimum atomic E-state index is -1.05. The summed E-state index contributed by atoms with van der Waals surface area (Å²) in [5, 5.41) is 10.00. The third-order valence-corrected chi connectivity index (χ3v) is 2.79. The van der Waals surface area contributed by atoms with E-state index in [1.165, 1.54) is 0 Å². The van der Waals surface area contributed by atoms with E-state index >= 15 is 0 Å². The van der Waals surface area contributed by atoms with Crippen molar-refractivity contribution in [2.24, 2.45) is 0 Å². The van der Waals surface area contributed by atoms with Crippen LogP contribution in [0.5, 0.6) is 0 Å². The van der Waals surface area contributed by atoms with Crippen molar-refractivity contribution in [1.82, 2.24) is 9.55 Å². The van der Waals surface area contributed by atoms with Gasteiger partial charge in [-0.15, -0.1) is 0 Å². The topological polar surface area (TPSA) is 68.3 Å². The minimum absolute atomic E-state index is 0.00935. The summed E-state index contributed by atoms with van der Waals surface area (Å²) >= 11 is 0. The Morgan fingerprint density at radius 2 is 2.22 bits per heavy atom. The second-order valence-electron chi connectivity index (χ2n) is 3.95. The number of hydrogen-bond acceptors (Lipinski definition) is 3. The number of furan rings is 1. The van der Waals surface area contributed by atoms with Crippen LogP contribution in [0, 0.1) is 0 Å². The van der Waals surface area contributed by atoms with Gasteiger partial charge in [0, 0.05) is 23.3 Å². The molecular weight excluding hydrogens is 232 g/mol. The molecule has 0 unspecified atom stereocenters. The molecule has 5 nitrogen and oxygen atoms in total. The zero-order valence-corrected chi connectivity index (χ0v) is 9.41. The van der Waals surface area contributed by atoms with Gasteiger partial charge >= 0.3 is 5.97 Å². The van der Waals surface area contributed by atoms with Crippen molar-refractivity contribution >= 4 is 16.9 Å². The minimum Gasteiger partial charge on any atom is -0.475 e. The highest BCUT2D eigenvalue weighted by Crippen LogP contribution is 2.26. The van der Waals surface area contributed by atoms with E-state index in [4.69, 9.17) is 4.42 Å². The van der Waals surface area contributed by atoms with Crippen LogP contribution in [-0.4, -0.2) is 20.6 Å². The molecule has 1 N–H and O–H groups in total. The lowest BCUT2D eigenvalue weighted by atomic mass is 10.1. The average molecular weight is 242 g/mol. The Balaban J connectivity index is 2.18. The van der Waals surface area contributed by atoms with Crippen LogP contribution in [0.2, 0.25) is 0 Å². The maximum Gasteiger partial charge on any atom is 0.372 e. The normalized spacial score (nSPS) is 10.9. The molecule has 0 radical (unpaired) electrons. The number of aromatic nitrogens is 2. The van der Waals surface area contributed by atoms with Gasteiger partial charge in [-0.2, -0.15) is 0 Å². The largest absolute Gasteiger partial charge is 0.475 e. The molecule has 1 aromatic carbocycles. The highest BCUT2D eigenvalue weighted by molar-refractivity contribution is 5.95. The Morgan fingerprint density at radius 1 is 1.39 bits per heavy atom. The van der Waals surface area contributed by atoms with Gasteiger partial charge < -0.3 is 14.1 Å². The molecule has 90 valence electrons. The van der Waals surface area contributed by atoms with Gasteiger partial charge in [0.05, 0.1) is 12.9 Å². The molecule has 3 rings (SSSR count). The van der Waals surface area contributed by atoms with Gasteiger partial charge in [0.15, 0.2) is 0 Å². The first kappa shape index (κ1) is 10.6. The number of carboxylic acids is 1. The number of aromatic carboxylic acids is 1. The summed E-state index contributed by atoms with van der Waals surface area (Å²) in [7, 11) is 0. The van der Waals surface area contributed by atoms with Crippen molar-refractivity contribution in [1.29, 1.82) is 0 Å². The van der Waals surface area contributed by atoms with Gasteiger partial charge in [-0.25, -0.2) is 9.78 Å². The van der Waals surface area contributed by atoms with Crippen LogP contribution in [0.4, 0.5) is 0 Å². The molecule has 3 aromatic rings. The second kappa shape index (κ2) is 4.03. The Bertz CT molecular complexity index is 698. The number of imidazole rings is 1. The van der Waals surface area contributed by atoms with Crippen LogP contribution < -0.4 is 0 Å². The number of hydrogen-bond donors (Lipinski definition) is 1. The maximum absolute atomic E-state index is 11.2. The predicted octanol–water partition coefficient (Wildman–Crippen LogP) is 2.38. The quantitative estimate of drug-likeness (QED) is 0.765. The third-order valence-electron chi connectivity index (χ3n) is 2.79. The first-order chi connectivity index (χ1) is 8.75. The fourth-order valence-corrected chi connectivity index (χ4v) is 1.99. The number of rotatable bonds is 3. The third kappa shape index (κ3) is 1.66. The van der Waals surface area contributed by atoms with E-state index in [0.29, 0.717) is 17.7 Å². The predicted molar refractivity (Wildman–Crippen MR) is 64.5 cm³/mol. The number of fused-ring (bicyclic) bond motifs is 1. The lowest BCUT2D eigenvalue weighted by Gasteiger charge is -2.01. The zero-order chi connectivity index (χ0) is 12.5. The van der Waals surface area contributed by atoms with Crippen LogP contribution in [0.3, 0.4) is 0 Å². The molecule has 0 amide bonds. The Kier molecular flexibility index (Phi) is 2.37. The average Bonchev–Trinajstić information content (AvgIpc) is 2.98. The second-order valence-corrected chi connectivity index (χ2v) is 3.95. The number of nitrogens with zero attached hydrogens (tertiary/aromatic N) is 2. The molecule has 0 aliphatic heterocycles. The van der Waals surface area contributed by atoms with Crippen LogP contribution in [0.15, 0.2) is 47.4 Å². The molecule has 5 heteroatoms. The summed E-state index contributed by atoms with van der Waals surface area (Å²) in [6, 6.07) is 7.30. The first-order valence-electron chi connectivity index (χ1n) is 5.45. The lowest BCUT2D eigenvalue weighted by Crippen LogP contribution is -2.03. The fourth-order valence-electron chi connectivity index (χ4n) is 1.99.